The number of benzene rings is 3. The number of carbonyl (C=O) groups excluding carboxylic acids is 3. The molecular weight excluding hydrogens is 550 g/mol. The molecule has 0 saturated carbocycles. The zero-order valence-corrected chi connectivity index (χ0v) is 23.7. The number of anilines is 2. The first-order valence-electron chi connectivity index (χ1n) is 12.5. The largest absolute Gasteiger partial charge is 0.465 e. The lowest BCUT2D eigenvalue weighted by atomic mass is 9.96. The van der Waals surface area contributed by atoms with E-state index in [-0.39, 0.29) is 34.9 Å². The van der Waals surface area contributed by atoms with Crippen molar-refractivity contribution in [1.29, 1.82) is 0 Å². The van der Waals surface area contributed by atoms with E-state index in [4.69, 9.17) is 14.7 Å². The van der Waals surface area contributed by atoms with Gasteiger partial charge in [-0.3, -0.25) is 14.4 Å². The van der Waals surface area contributed by atoms with Crippen LogP contribution in [0.2, 0.25) is 0 Å². The third kappa shape index (κ3) is 5.77. The predicted molar refractivity (Wildman–Crippen MR) is 152 cm³/mol. The van der Waals surface area contributed by atoms with Crippen LogP contribution in [0.5, 0.6) is 0 Å². The summed E-state index contributed by atoms with van der Waals surface area (Å²) in [5, 5.41) is 12.2. The third-order valence-electron chi connectivity index (χ3n) is 6.43. The number of rotatable bonds is 9. The first-order chi connectivity index (χ1) is 19.5. The summed E-state index contributed by atoms with van der Waals surface area (Å²) in [4.78, 5) is 44.8. The second-order valence-electron chi connectivity index (χ2n) is 9.07. The van der Waals surface area contributed by atoms with Crippen molar-refractivity contribution < 1.29 is 37.5 Å². The minimum Gasteiger partial charge on any atom is -0.465 e. The van der Waals surface area contributed by atoms with E-state index in [1.807, 2.05) is 6.07 Å². The molecule has 0 aromatic heterocycles. The highest BCUT2D eigenvalue weighted by atomic mass is 32.2. The third-order valence-corrected chi connectivity index (χ3v) is 8.08. The number of ether oxygens (including phenoxy) is 1. The van der Waals surface area contributed by atoms with Crippen LogP contribution in [0, 0.1) is 6.92 Å². The van der Waals surface area contributed by atoms with Gasteiger partial charge in [-0.05, 0) is 54.4 Å². The van der Waals surface area contributed by atoms with Crippen molar-refractivity contribution in [3.05, 3.63) is 89.0 Å². The van der Waals surface area contributed by atoms with Crippen molar-refractivity contribution in [2.24, 2.45) is 0 Å². The molecule has 214 valence electrons. The van der Waals surface area contributed by atoms with Gasteiger partial charge in [-0.2, -0.15) is 0 Å². The number of hydrogen-bond acceptors (Lipinski definition) is 9. The van der Waals surface area contributed by atoms with E-state index in [2.05, 4.69) is 5.32 Å². The lowest BCUT2D eigenvalue weighted by molar-refractivity contribution is -0.122. The molecule has 11 nitrogen and oxygen atoms in total. The molecule has 2 N–H and O–H groups in total. The Kier molecular flexibility index (Phi) is 8.69. The maximum absolute atomic E-state index is 13.8. The zero-order chi connectivity index (χ0) is 29.9. The molecule has 0 saturated heterocycles. The molecule has 1 aliphatic heterocycles. The number of carbonyl (C=O) groups is 3. The Morgan fingerprint density at radius 3 is 2.29 bits per heavy atom. The Balaban J connectivity index is 1.85. The Hall–Kier alpha value is -4.36. The summed E-state index contributed by atoms with van der Waals surface area (Å²) < 4.78 is 31.1. The van der Waals surface area contributed by atoms with Crippen molar-refractivity contribution in [2.75, 3.05) is 37.6 Å². The number of imide groups is 1. The number of nitrogens with one attached hydrogen (secondary N) is 1. The second kappa shape index (κ2) is 12.0. The van der Waals surface area contributed by atoms with Crippen LogP contribution >= 0.6 is 0 Å². The number of fused-ring (bicyclic) bond motifs is 1. The molecule has 2 amide bonds. The molecular formula is C29H29N3O8S. The molecule has 0 spiro atoms. The molecule has 0 fully saturated rings. The average Bonchev–Trinajstić information content (AvgIpc) is 3.24. The number of esters is 1. The standard InChI is InChI=1S/C29H29N3O8S/c1-18-16-24-25(17-23(18)29(36)39-4)32(19(2)34)28(35)26(24)27(20-8-6-5-7-9-20)30-21-10-12-22(13-11-21)41(37,38)31(3)40-15-14-33/h5-13,16-17,30,33H,14-15H2,1-4H3. The molecule has 12 heteroatoms. The van der Waals surface area contributed by atoms with Gasteiger partial charge in [0.25, 0.3) is 15.9 Å². The van der Waals surface area contributed by atoms with Crippen LogP contribution in [0.4, 0.5) is 11.4 Å². The van der Waals surface area contributed by atoms with Crippen molar-refractivity contribution >= 4 is 50.5 Å². The van der Waals surface area contributed by atoms with Gasteiger partial charge in [0.15, 0.2) is 0 Å². The van der Waals surface area contributed by atoms with E-state index < -0.39 is 27.8 Å². The predicted octanol–water partition coefficient (Wildman–Crippen LogP) is 3.20. The second-order valence-corrected chi connectivity index (χ2v) is 11.0. The Morgan fingerprint density at radius 2 is 1.71 bits per heavy atom. The fourth-order valence-electron chi connectivity index (χ4n) is 4.43. The molecule has 0 unspecified atom stereocenters. The van der Waals surface area contributed by atoms with Crippen molar-refractivity contribution in [3.63, 3.8) is 0 Å². The zero-order valence-electron chi connectivity index (χ0n) is 22.9. The molecule has 1 aliphatic rings. The highest BCUT2D eigenvalue weighted by Gasteiger charge is 2.39. The quantitative estimate of drug-likeness (QED) is 0.222. The van der Waals surface area contributed by atoms with Crippen LogP contribution in [0.3, 0.4) is 0 Å². The first kappa shape index (κ1) is 29.6. The number of amides is 2. The molecule has 0 atom stereocenters. The lowest BCUT2D eigenvalue weighted by Gasteiger charge is -2.18. The molecule has 3 aromatic carbocycles. The molecule has 0 aliphatic carbocycles. The minimum atomic E-state index is -3.98. The molecule has 0 bridgehead atoms. The van der Waals surface area contributed by atoms with E-state index in [0.717, 1.165) is 4.90 Å². The molecule has 0 radical (unpaired) electrons. The Labute approximate surface area is 237 Å². The first-order valence-corrected chi connectivity index (χ1v) is 13.9. The van der Waals surface area contributed by atoms with Crippen LogP contribution < -0.4 is 10.2 Å². The monoisotopic (exact) mass is 579 g/mol. The van der Waals surface area contributed by atoms with E-state index in [1.165, 1.54) is 51.4 Å². The minimum absolute atomic E-state index is 0.0478. The number of methoxy groups -OCH3 is 1. The van der Waals surface area contributed by atoms with Crippen molar-refractivity contribution in [3.8, 4) is 0 Å². The average molecular weight is 580 g/mol. The molecule has 3 aromatic rings. The SMILES string of the molecule is COC(=O)c1cc2c(cc1C)C(=C(Nc1ccc(S(=O)(=O)N(C)OCCO)cc1)c1ccccc1)C(=O)N2C(C)=O. The smallest absolute Gasteiger partial charge is 0.338 e. The number of hydroxylamine groups is 1. The number of aryl methyl sites for hydroxylation is 1. The molecule has 4 rings (SSSR count). The van der Waals surface area contributed by atoms with E-state index in [9.17, 15) is 22.8 Å². The summed E-state index contributed by atoms with van der Waals surface area (Å²) in [5.74, 6) is -1.70. The number of aliphatic hydroxyl groups excluding tert-OH is 1. The lowest BCUT2D eigenvalue weighted by Crippen LogP contribution is -2.31. The van der Waals surface area contributed by atoms with Crippen LogP contribution in [0.1, 0.15) is 34.0 Å². The van der Waals surface area contributed by atoms with Gasteiger partial charge in [-0.1, -0.05) is 34.8 Å². The van der Waals surface area contributed by atoms with Crippen molar-refractivity contribution in [2.45, 2.75) is 18.7 Å². The number of aliphatic hydroxyl groups is 1. The Morgan fingerprint density at radius 1 is 1.05 bits per heavy atom. The van der Waals surface area contributed by atoms with Gasteiger partial charge in [0, 0.05) is 25.2 Å². The van der Waals surface area contributed by atoms with Gasteiger partial charge >= 0.3 is 5.97 Å². The van der Waals surface area contributed by atoms with Gasteiger partial charge in [0.05, 0.1) is 47.7 Å². The Bertz CT molecular complexity index is 1630. The summed E-state index contributed by atoms with van der Waals surface area (Å²) in [5.41, 5.74) is 3.17. The summed E-state index contributed by atoms with van der Waals surface area (Å²) in [6.45, 7) is 2.45. The van der Waals surface area contributed by atoms with Gasteiger partial charge < -0.3 is 15.2 Å². The fourth-order valence-corrected chi connectivity index (χ4v) is 5.42. The molecule has 41 heavy (non-hydrogen) atoms. The van der Waals surface area contributed by atoms with Gasteiger partial charge in [-0.25, -0.2) is 18.1 Å². The van der Waals surface area contributed by atoms with Crippen LogP contribution in [0.15, 0.2) is 71.6 Å². The normalized spacial score (nSPS) is 14.2. The van der Waals surface area contributed by atoms with Gasteiger partial charge in [0.1, 0.15) is 0 Å². The highest BCUT2D eigenvalue weighted by molar-refractivity contribution is 7.89. The number of hydrogen-bond donors (Lipinski definition) is 2. The van der Waals surface area contributed by atoms with E-state index in [1.54, 1.807) is 37.3 Å². The topological polar surface area (TPSA) is 143 Å². The van der Waals surface area contributed by atoms with Crippen LogP contribution in [0.25, 0.3) is 11.3 Å². The maximum atomic E-state index is 13.8. The van der Waals surface area contributed by atoms with Gasteiger partial charge in [0.2, 0.25) is 5.91 Å². The fraction of sp³-hybridized carbons (Fsp3) is 0.207. The van der Waals surface area contributed by atoms with Gasteiger partial charge in [-0.15, -0.1) is 0 Å². The van der Waals surface area contributed by atoms with Crippen molar-refractivity contribution in [1.82, 2.24) is 4.47 Å². The van der Waals surface area contributed by atoms with E-state index in [0.29, 0.717) is 32.5 Å². The maximum Gasteiger partial charge on any atom is 0.338 e. The van der Waals surface area contributed by atoms with Crippen LogP contribution in [-0.2, 0) is 29.2 Å². The number of sulfonamides is 1. The summed E-state index contributed by atoms with van der Waals surface area (Å²) in [6, 6.07) is 18.0. The summed E-state index contributed by atoms with van der Waals surface area (Å²) in [7, 11) is -1.50. The molecule has 1 heterocycles. The van der Waals surface area contributed by atoms with E-state index >= 15 is 0 Å². The van der Waals surface area contributed by atoms with Crippen LogP contribution in [-0.4, -0.2) is 63.1 Å². The highest BCUT2D eigenvalue weighted by Crippen LogP contribution is 2.43. The number of nitrogens with zero attached hydrogens (tertiary/aromatic N) is 2. The summed E-state index contributed by atoms with van der Waals surface area (Å²) >= 11 is 0. The summed E-state index contributed by atoms with van der Waals surface area (Å²) in [6.07, 6.45) is 0.